The van der Waals surface area contributed by atoms with Crippen molar-refractivity contribution >= 4 is 49.3 Å². The van der Waals surface area contributed by atoms with Crippen molar-refractivity contribution in [3.05, 3.63) is 46.9 Å². The van der Waals surface area contributed by atoms with Crippen LogP contribution in [0.25, 0.3) is 0 Å². The third kappa shape index (κ3) is 5.75. The minimum atomic E-state index is -3.59. The van der Waals surface area contributed by atoms with Crippen LogP contribution in [0.3, 0.4) is 0 Å². The number of nitrogens with zero attached hydrogens (tertiary/aromatic N) is 1. The molecule has 6 nitrogen and oxygen atoms in total. The Morgan fingerprint density at radius 3 is 2.48 bits per heavy atom. The van der Waals surface area contributed by atoms with E-state index in [1.165, 1.54) is 35.3 Å². The monoisotopic (exact) mass is 498 g/mol. The molecule has 3 rings (SSSR count). The molecule has 1 saturated heterocycles. The molecule has 2 aromatic carbocycles. The summed E-state index contributed by atoms with van der Waals surface area (Å²) in [6.07, 6.45) is 2.78. The number of hydrogen-bond acceptors (Lipinski definition) is 5. The van der Waals surface area contributed by atoms with Gasteiger partial charge in [-0.2, -0.15) is 4.31 Å². The SMILES string of the molecule is COc1ccc(S(=O)(=O)N2CCCCC2)cc1NC(=O)CSc1ccc(Br)cc1. The number of anilines is 1. The van der Waals surface area contributed by atoms with Gasteiger partial charge in [0.25, 0.3) is 0 Å². The van der Waals surface area contributed by atoms with Gasteiger partial charge in [-0.1, -0.05) is 22.4 Å². The minimum absolute atomic E-state index is 0.163. The first kappa shape index (κ1) is 22.1. The van der Waals surface area contributed by atoms with Crippen molar-refractivity contribution in [1.29, 1.82) is 0 Å². The molecule has 0 aliphatic carbocycles. The summed E-state index contributed by atoms with van der Waals surface area (Å²) in [5, 5.41) is 2.78. The molecule has 0 unspecified atom stereocenters. The van der Waals surface area contributed by atoms with Gasteiger partial charge in [0, 0.05) is 22.5 Å². The van der Waals surface area contributed by atoms with Crippen LogP contribution in [-0.4, -0.2) is 44.6 Å². The molecule has 1 aliphatic heterocycles. The highest BCUT2D eigenvalue weighted by molar-refractivity contribution is 9.10. The van der Waals surface area contributed by atoms with Crippen LogP contribution in [0.2, 0.25) is 0 Å². The summed E-state index contributed by atoms with van der Waals surface area (Å²) in [6, 6.07) is 12.3. The molecule has 0 radical (unpaired) electrons. The van der Waals surface area contributed by atoms with E-state index in [1.807, 2.05) is 24.3 Å². The third-order valence-electron chi connectivity index (χ3n) is 4.58. The summed E-state index contributed by atoms with van der Waals surface area (Å²) < 4.78 is 33.6. The number of carbonyl (C=O) groups is 1. The van der Waals surface area contributed by atoms with E-state index < -0.39 is 10.0 Å². The molecule has 1 fully saturated rings. The number of sulfonamides is 1. The Balaban J connectivity index is 1.72. The van der Waals surface area contributed by atoms with Crippen LogP contribution in [0.15, 0.2) is 56.7 Å². The quantitative estimate of drug-likeness (QED) is 0.573. The smallest absolute Gasteiger partial charge is 0.243 e. The summed E-state index contributed by atoms with van der Waals surface area (Å²) in [5.74, 6) is 0.391. The lowest BCUT2D eigenvalue weighted by atomic mass is 10.2. The number of halogens is 1. The molecule has 0 spiro atoms. The van der Waals surface area contributed by atoms with E-state index in [0.29, 0.717) is 24.5 Å². The lowest BCUT2D eigenvalue weighted by Crippen LogP contribution is -2.35. The number of amides is 1. The average molecular weight is 499 g/mol. The maximum absolute atomic E-state index is 12.9. The zero-order valence-electron chi connectivity index (χ0n) is 16.1. The van der Waals surface area contributed by atoms with Crippen LogP contribution < -0.4 is 10.1 Å². The standard InChI is InChI=1S/C20H23BrN2O4S2/c1-27-19-10-9-17(29(25,26)23-11-3-2-4-12-23)13-18(19)22-20(24)14-28-16-7-5-15(21)6-8-16/h5-10,13H,2-4,11-12,14H2,1H3,(H,22,24). The van der Waals surface area contributed by atoms with Gasteiger partial charge in [-0.15, -0.1) is 11.8 Å². The van der Waals surface area contributed by atoms with Gasteiger partial charge in [-0.3, -0.25) is 4.79 Å². The van der Waals surface area contributed by atoms with E-state index in [-0.39, 0.29) is 16.6 Å². The van der Waals surface area contributed by atoms with E-state index in [0.717, 1.165) is 28.6 Å². The Bertz CT molecular complexity index is 959. The highest BCUT2D eigenvalue weighted by atomic mass is 79.9. The van der Waals surface area contributed by atoms with Gasteiger partial charge < -0.3 is 10.1 Å². The highest BCUT2D eigenvalue weighted by Gasteiger charge is 2.27. The van der Waals surface area contributed by atoms with E-state index in [9.17, 15) is 13.2 Å². The molecule has 1 N–H and O–H groups in total. The van der Waals surface area contributed by atoms with Crippen LogP contribution in [0, 0.1) is 0 Å². The molecular weight excluding hydrogens is 476 g/mol. The maximum atomic E-state index is 12.9. The molecule has 156 valence electrons. The van der Waals surface area contributed by atoms with Crippen molar-refractivity contribution < 1.29 is 17.9 Å². The van der Waals surface area contributed by atoms with Crippen molar-refractivity contribution in [2.24, 2.45) is 0 Å². The normalized spacial score (nSPS) is 15.1. The number of benzene rings is 2. The molecule has 0 bridgehead atoms. The van der Waals surface area contributed by atoms with E-state index in [4.69, 9.17) is 4.74 Å². The minimum Gasteiger partial charge on any atom is -0.495 e. The fourth-order valence-corrected chi connectivity index (χ4v) is 5.57. The predicted octanol–water partition coefficient (Wildman–Crippen LogP) is 4.36. The molecule has 1 aliphatic rings. The fourth-order valence-electron chi connectivity index (χ4n) is 3.07. The first-order valence-corrected chi connectivity index (χ1v) is 12.5. The van der Waals surface area contributed by atoms with Crippen LogP contribution in [0.5, 0.6) is 5.75 Å². The molecule has 29 heavy (non-hydrogen) atoms. The van der Waals surface area contributed by atoms with Gasteiger partial charge >= 0.3 is 0 Å². The Hall–Kier alpha value is -1.55. The van der Waals surface area contributed by atoms with Crippen molar-refractivity contribution in [2.45, 2.75) is 29.1 Å². The topological polar surface area (TPSA) is 75.7 Å². The summed E-state index contributed by atoms with van der Waals surface area (Å²) in [5.41, 5.74) is 0.354. The Kier molecular flexibility index (Phi) is 7.61. The van der Waals surface area contributed by atoms with Crippen molar-refractivity contribution in [3.63, 3.8) is 0 Å². The van der Waals surface area contributed by atoms with Gasteiger partial charge in [0.05, 0.1) is 23.4 Å². The third-order valence-corrected chi connectivity index (χ3v) is 8.02. The Morgan fingerprint density at radius 2 is 1.83 bits per heavy atom. The van der Waals surface area contributed by atoms with Crippen molar-refractivity contribution in [2.75, 3.05) is 31.3 Å². The van der Waals surface area contributed by atoms with Crippen molar-refractivity contribution in [3.8, 4) is 5.75 Å². The zero-order valence-corrected chi connectivity index (χ0v) is 19.3. The van der Waals surface area contributed by atoms with Crippen LogP contribution >= 0.6 is 27.7 Å². The maximum Gasteiger partial charge on any atom is 0.243 e. The number of methoxy groups -OCH3 is 1. The number of carbonyl (C=O) groups excluding carboxylic acids is 1. The first-order valence-electron chi connectivity index (χ1n) is 9.26. The lowest BCUT2D eigenvalue weighted by molar-refractivity contribution is -0.113. The van der Waals surface area contributed by atoms with Gasteiger partial charge in [0.1, 0.15) is 5.75 Å². The summed E-state index contributed by atoms with van der Waals surface area (Å²) in [4.78, 5) is 13.6. The molecule has 0 atom stereocenters. The lowest BCUT2D eigenvalue weighted by Gasteiger charge is -2.26. The first-order chi connectivity index (χ1) is 13.9. The molecule has 0 saturated carbocycles. The number of nitrogens with one attached hydrogen (secondary N) is 1. The second kappa shape index (κ2) is 9.97. The Morgan fingerprint density at radius 1 is 1.14 bits per heavy atom. The predicted molar refractivity (Wildman–Crippen MR) is 119 cm³/mol. The van der Waals surface area contributed by atoms with Crippen molar-refractivity contribution in [1.82, 2.24) is 4.31 Å². The summed E-state index contributed by atoms with van der Waals surface area (Å²) >= 11 is 4.78. The zero-order chi connectivity index (χ0) is 20.9. The van der Waals surface area contributed by atoms with Crippen LogP contribution in [-0.2, 0) is 14.8 Å². The molecule has 1 amide bonds. The second-order valence-electron chi connectivity index (χ2n) is 6.62. The molecule has 1 heterocycles. The van der Waals surface area contributed by atoms with E-state index in [1.54, 1.807) is 6.07 Å². The molecule has 9 heteroatoms. The number of rotatable bonds is 7. The van der Waals surface area contributed by atoms with Crippen LogP contribution in [0.1, 0.15) is 19.3 Å². The molecule has 2 aromatic rings. The largest absolute Gasteiger partial charge is 0.495 e. The molecular formula is C20H23BrN2O4S2. The number of ether oxygens (including phenoxy) is 1. The van der Waals surface area contributed by atoms with E-state index >= 15 is 0 Å². The number of thioether (sulfide) groups is 1. The van der Waals surface area contributed by atoms with Gasteiger partial charge in [-0.25, -0.2) is 8.42 Å². The van der Waals surface area contributed by atoms with Gasteiger partial charge in [0.15, 0.2) is 0 Å². The highest BCUT2D eigenvalue weighted by Crippen LogP contribution is 2.30. The van der Waals surface area contributed by atoms with Crippen LogP contribution in [0.4, 0.5) is 5.69 Å². The fraction of sp³-hybridized carbons (Fsp3) is 0.350. The summed E-state index contributed by atoms with van der Waals surface area (Å²) in [6.45, 7) is 1.06. The van der Waals surface area contributed by atoms with E-state index in [2.05, 4.69) is 21.2 Å². The molecule has 0 aromatic heterocycles. The summed E-state index contributed by atoms with van der Waals surface area (Å²) in [7, 11) is -2.10. The van der Waals surface area contributed by atoms with Gasteiger partial charge in [-0.05, 0) is 55.3 Å². The Labute approximate surface area is 184 Å². The average Bonchev–Trinajstić information content (AvgIpc) is 2.74. The number of hydrogen-bond donors (Lipinski definition) is 1. The van der Waals surface area contributed by atoms with Gasteiger partial charge in [0.2, 0.25) is 15.9 Å². The number of piperidine rings is 1. The second-order valence-corrected chi connectivity index (χ2v) is 10.5.